The summed E-state index contributed by atoms with van der Waals surface area (Å²) in [5, 5.41) is 2.17. The van der Waals surface area contributed by atoms with Crippen LogP contribution < -0.4 is 14.8 Å². The Morgan fingerprint density at radius 3 is 2.76 bits per heavy atom. The molecule has 33 heavy (non-hydrogen) atoms. The Kier molecular flexibility index (Phi) is 8.14. The molecule has 0 atom stereocenters. The van der Waals surface area contributed by atoms with Crippen LogP contribution in [0.15, 0.2) is 53.7 Å². The lowest BCUT2D eigenvalue weighted by molar-refractivity contribution is -0.123. The minimum Gasteiger partial charge on any atom is -0.493 e. The van der Waals surface area contributed by atoms with Crippen molar-refractivity contribution in [2.24, 2.45) is 0 Å². The van der Waals surface area contributed by atoms with E-state index in [-0.39, 0.29) is 29.5 Å². The van der Waals surface area contributed by atoms with Gasteiger partial charge in [-0.05, 0) is 53.2 Å². The molecule has 1 aromatic carbocycles. The van der Waals surface area contributed by atoms with E-state index in [2.05, 4.69) is 15.0 Å². The molecule has 1 aliphatic rings. The van der Waals surface area contributed by atoms with Gasteiger partial charge in [-0.3, -0.25) is 24.3 Å². The van der Waals surface area contributed by atoms with Crippen molar-refractivity contribution in [1.29, 1.82) is 0 Å². The second-order valence-electron chi connectivity index (χ2n) is 6.53. The van der Waals surface area contributed by atoms with E-state index in [1.165, 1.54) is 37.5 Å². The first-order valence-corrected chi connectivity index (χ1v) is 10.4. The fraction of sp³-hybridized carbons (Fsp3) is 0.182. The first kappa shape index (κ1) is 23.9. The van der Waals surface area contributed by atoms with Crippen LogP contribution in [0.3, 0.4) is 0 Å². The number of rotatable bonds is 9. The third-order valence-corrected chi connectivity index (χ3v) is 5.23. The Morgan fingerprint density at radius 1 is 1.24 bits per heavy atom. The number of nitrogens with zero attached hydrogens (tertiary/aromatic N) is 2. The van der Waals surface area contributed by atoms with Crippen LogP contribution in [0.2, 0.25) is 0 Å². The lowest BCUT2D eigenvalue weighted by Crippen LogP contribution is -2.36. The fourth-order valence-corrected chi connectivity index (χ4v) is 3.67. The molecule has 8 nitrogen and oxygen atoms in total. The Hall–Kier alpha value is -3.73. The van der Waals surface area contributed by atoms with Gasteiger partial charge >= 0.3 is 6.61 Å². The molecule has 1 saturated heterocycles. The molecule has 3 rings (SSSR count). The SMILES string of the molecule is COc1cc(/C=C/C(=O)NCCN2C(=O)S/C(=C\c3cccnc3)C2=O)ccc1OC(F)F. The molecule has 1 aromatic heterocycles. The van der Waals surface area contributed by atoms with E-state index >= 15 is 0 Å². The van der Waals surface area contributed by atoms with Crippen molar-refractivity contribution < 1.29 is 32.6 Å². The number of methoxy groups -OCH3 is 1. The number of carbonyl (C=O) groups is 3. The smallest absolute Gasteiger partial charge is 0.387 e. The number of benzene rings is 1. The number of imide groups is 1. The van der Waals surface area contributed by atoms with Gasteiger partial charge in [0.2, 0.25) is 5.91 Å². The van der Waals surface area contributed by atoms with Gasteiger partial charge in [-0.2, -0.15) is 8.78 Å². The van der Waals surface area contributed by atoms with E-state index in [0.29, 0.717) is 11.1 Å². The molecule has 0 unspecified atom stereocenters. The summed E-state index contributed by atoms with van der Waals surface area (Å²) in [7, 11) is 1.31. The molecule has 0 saturated carbocycles. The number of alkyl halides is 2. The number of carbonyl (C=O) groups excluding carboxylic acids is 3. The average Bonchev–Trinajstić information content (AvgIpc) is 3.06. The van der Waals surface area contributed by atoms with Gasteiger partial charge in [-0.15, -0.1) is 0 Å². The van der Waals surface area contributed by atoms with Crippen molar-refractivity contribution in [2.45, 2.75) is 6.61 Å². The van der Waals surface area contributed by atoms with Gasteiger partial charge in [-0.25, -0.2) is 0 Å². The Labute approximate surface area is 192 Å². The molecule has 11 heteroatoms. The van der Waals surface area contributed by atoms with Crippen molar-refractivity contribution in [2.75, 3.05) is 20.2 Å². The third-order valence-electron chi connectivity index (χ3n) is 4.32. The molecule has 3 amide bonds. The molecule has 2 aromatic rings. The maximum Gasteiger partial charge on any atom is 0.387 e. The molecule has 1 fully saturated rings. The van der Waals surface area contributed by atoms with E-state index in [4.69, 9.17) is 4.74 Å². The predicted octanol–water partition coefficient (Wildman–Crippen LogP) is 3.56. The Balaban J connectivity index is 1.52. The van der Waals surface area contributed by atoms with Crippen molar-refractivity contribution in [3.8, 4) is 11.5 Å². The average molecular weight is 475 g/mol. The molecule has 0 spiro atoms. The van der Waals surface area contributed by atoms with E-state index in [1.807, 2.05) is 0 Å². The van der Waals surface area contributed by atoms with Crippen molar-refractivity contribution in [3.63, 3.8) is 0 Å². The first-order valence-electron chi connectivity index (χ1n) is 9.61. The van der Waals surface area contributed by atoms with Gasteiger partial charge in [-0.1, -0.05) is 12.1 Å². The number of aromatic nitrogens is 1. The lowest BCUT2D eigenvalue weighted by atomic mass is 10.2. The molecule has 0 bridgehead atoms. The summed E-state index contributed by atoms with van der Waals surface area (Å²) in [4.78, 5) is 42.0. The van der Waals surface area contributed by atoms with E-state index in [0.717, 1.165) is 16.7 Å². The molecule has 1 N–H and O–H groups in total. The fourth-order valence-electron chi connectivity index (χ4n) is 2.81. The maximum absolute atomic E-state index is 12.5. The van der Waals surface area contributed by atoms with Gasteiger partial charge in [0, 0.05) is 31.6 Å². The number of hydrogen-bond donors (Lipinski definition) is 1. The summed E-state index contributed by atoms with van der Waals surface area (Å²) >= 11 is 0.826. The van der Waals surface area contributed by atoms with E-state index < -0.39 is 23.7 Å². The number of amides is 3. The second kappa shape index (κ2) is 11.2. The summed E-state index contributed by atoms with van der Waals surface area (Å²) < 4.78 is 34.1. The minimum atomic E-state index is -2.99. The normalized spacial score (nSPS) is 15.0. The quantitative estimate of drug-likeness (QED) is 0.554. The molecular weight excluding hydrogens is 456 g/mol. The molecule has 172 valence electrons. The number of thioether (sulfide) groups is 1. The topological polar surface area (TPSA) is 97.8 Å². The van der Waals surface area contributed by atoms with Crippen molar-refractivity contribution >= 4 is 41.0 Å². The van der Waals surface area contributed by atoms with Crippen LogP contribution in [-0.2, 0) is 9.59 Å². The van der Waals surface area contributed by atoms with Crippen LogP contribution in [0.1, 0.15) is 11.1 Å². The van der Waals surface area contributed by atoms with Crippen LogP contribution in [0, 0.1) is 0 Å². The van der Waals surface area contributed by atoms with Gasteiger partial charge in [0.05, 0.1) is 12.0 Å². The van der Waals surface area contributed by atoms with E-state index in [1.54, 1.807) is 30.6 Å². The largest absolute Gasteiger partial charge is 0.493 e. The summed E-state index contributed by atoms with van der Waals surface area (Å²) in [6.07, 6.45) is 7.47. The van der Waals surface area contributed by atoms with Crippen LogP contribution in [-0.4, -0.2) is 53.7 Å². The molecule has 2 heterocycles. The summed E-state index contributed by atoms with van der Waals surface area (Å²) in [5.74, 6) is -0.919. The summed E-state index contributed by atoms with van der Waals surface area (Å²) in [6, 6.07) is 7.72. The van der Waals surface area contributed by atoms with Gasteiger partial charge < -0.3 is 14.8 Å². The molecule has 0 radical (unpaired) electrons. The number of nitrogens with one attached hydrogen (secondary N) is 1. The zero-order chi connectivity index (χ0) is 23.8. The highest BCUT2D eigenvalue weighted by Gasteiger charge is 2.34. The van der Waals surface area contributed by atoms with Crippen LogP contribution in [0.5, 0.6) is 11.5 Å². The second-order valence-corrected chi connectivity index (χ2v) is 7.53. The highest BCUT2D eigenvalue weighted by molar-refractivity contribution is 8.18. The highest BCUT2D eigenvalue weighted by Crippen LogP contribution is 2.32. The van der Waals surface area contributed by atoms with Gasteiger partial charge in [0.25, 0.3) is 11.1 Å². The van der Waals surface area contributed by atoms with Crippen LogP contribution in [0.25, 0.3) is 12.2 Å². The number of pyridine rings is 1. The van der Waals surface area contributed by atoms with Gasteiger partial charge in [0.1, 0.15) is 0 Å². The standard InChI is InChI=1S/C22H19F2N3O5S/c1-31-17-11-14(4-6-16(17)32-21(23)24)5-7-19(28)26-9-10-27-20(29)18(33-22(27)30)12-15-3-2-8-25-13-15/h2-8,11-13,21H,9-10H2,1H3,(H,26,28)/b7-5+,18-12-. The summed E-state index contributed by atoms with van der Waals surface area (Å²) in [5.41, 5.74) is 1.22. The highest BCUT2D eigenvalue weighted by atomic mass is 32.2. The van der Waals surface area contributed by atoms with E-state index in [9.17, 15) is 23.2 Å². The Morgan fingerprint density at radius 2 is 2.06 bits per heavy atom. The zero-order valence-corrected chi connectivity index (χ0v) is 18.2. The maximum atomic E-state index is 12.5. The predicted molar refractivity (Wildman–Crippen MR) is 119 cm³/mol. The van der Waals surface area contributed by atoms with Crippen LogP contribution >= 0.6 is 11.8 Å². The molecule has 0 aliphatic carbocycles. The van der Waals surface area contributed by atoms with Gasteiger partial charge in [0.15, 0.2) is 11.5 Å². The lowest BCUT2D eigenvalue weighted by Gasteiger charge is -2.12. The zero-order valence-electron chi connectivity index (χ0n) is 17.4. The van der Waals surface area contributed by atoms with Crippen molar-refractivity contribution in [1.82, 2.24) is 15.2 Å². The number of ether oxygens (including phenoxy) is 2. The molecular formula is C22H19F2N3O5S. The Bertz CT molecular complexity index is 1090. The summed E-state index contributed by atoms with van der Waals surface area (Å²) in [6.45, 7) is -2.91. The van der Waals surface area contributed by atoms with Crippen LogP contribution in [0.4, 0.5) is 13.6 Å². The molecule has 1 aliphatic heterocycles. The number of hydrogen-bond acceptors (Lipinski definition) is 7. The minimum absolute atomic E-state index is 0.0160. The monoisotopic (exact) mass is 475 g/mol. The number of halogens is 2. The third kappa shape index (κ3) is 6.62. The first-order chi connectivity index (χ1) is 15.9. The van der Waals surface area contributed by atoms with Crippen molar-refractivity contribution in [3.05, 3.63) is 64.8 Å².